The summed E-state index contributed by atoms with van der Waals surface area (Å²) in [7, 11) is 0. The van der Waals surface area contributed by atoms with Crippen LogP contribution in [-0.4, -0.2) is 11.7 Å². The fraction of sp³-hybridized carbons (Fsp3) is 0.0213. The molecule has 5 nitrogen and oxygen atoms in total. The van der Waals surface area contributed by atoms with Crippen LogP contribution in [0.4, 0.5) is 0 Å². The third-order valence-electron chi connectivity index (χ3n) is 10.3. The van der Waals surface area contributed by atoms with E-state index in [0.29, 0.717) is 0 Å². The molecule has 0 saturated heterocycles. The fourth-order valence-corrected chi connectivity index (χ4v) is 7.93. The van der Waals surface area contributed by atoms with Crippen molar-refractivity contribution in [2.75, 3.05) is 0 Å². The summed E-state index contributed by atoms with van der Waals surface area (Å²) in [6, 6.07) is 56.7. The number of nitrogens with zero attached hydrogens (tertiary/aromatic N) is 2. The van der Waals surface area contributed by atoms with Crippen LogP contribution >= 0.6 is 0 Å². The van der Waals surface area contributed by atoms with Gasteiger partial charge in [0.05, 0.1) is 0 Å². The van der Waals surface area contributed by atoms with Crippen LogP contribution in [-0.2, 0) is 0 Å². The summed E-state index contributed by atoms with van der Waals surface area (Å²) in [6.45, 7) is 0. The Labute approximate surface area is 298 Å². The number of furan rings is 2. The average Bonchev–Trinajstić information content (AvgIpc) is 3.79. The second-order valence-electron chi connectivity index (χ2n) is 13.3. The molecule has 10 aromatic rings. The molecule has 5 heteroatoms. The minimum Gasteiger partial charge on any atom is -0.456 e. The number of aliphatic imine (C=N–C) groups is 2. The SMILES string of the molecule is c1ccc(C2=NC(c3cccc4oc5c(-c6cc7oc8ccccc8c7c7ccccc67)cccc5c34)N=C(c3ccc4ccccc4c3)N2)cc1. The van der Waals surface area contributed by atoms with Gasteiger partial charge in [-0.25, -0.2) is 9.98 Å². The van der Waals surface area contributed by atoms with Crippen molar-refractivity contribution in [2.24, 2.45) is 9.98 Å². The lowest BCUT2D eigenvalue weighted by atomic mass is 9.93. The van der Waals surface area contributed by atoms with Crippen molar-refractivity contribution in [1.82, 2.24) is 5.32 Å². The standard InChI is InChI=1S/C47H29N3O2/c1-2-13-29(14-3-1)45-48-46(31-25-24-28-12-4-5-15-30(28)26-31)50-47(49-45)37-21-11-23-40-43(37)36-20-10-19-34(44(36)52-40)38-27-41-42(33-17-7-6-16-32(33)38)35-18-8-9-22-39(35)51-41/h1-27,47H,(H,48,49,50). The first-order chi connectivity index (χ1) is 25.8. The number of nitrogens with one attached hydrogen (secondary N) is 1. The van der Waals surface area contributed by atoms with Gasteiger partial charge in [-0.15, -0.1) is 0 Å². The van der Waals surface area contributed by atoms with Crippen LogP contribution in [0.1, 0.15) is 22.9 Å². The molecule has 0 saturated carbocycles. The Hall–Kier alpha value is -6.98. The van der Waals surface area contributed by atoms with Gasteiger partial charge in [0.2, 0.25) is 0 Å². The van der Waals surface area contributed by atoms with Crippen LogP contribution in [0.2, 0.25) is 0 Å². The molecular weight excluding hydrogens is 639 g/mol. The summed E-state index contributed by atoms with van der Waals surface area (Å²) in [6.07, 6.45) is -0.501. The van der Waals surface area contributed by atoms with Crippen LogP contribution < -0.4 is 5.32 Å². The first kappa shape index (κ1) is 28.8. The maximum Gasteiger partial charge on any atom is 0.170 e. The lowest BCUT2D eigenvalue weighted by Crippen LogP contribution is -2.36. The summed E-state index contributed by atoms with van der Waals surface area (Å²) >= 11 is 0. The number of fused-ring (bicyclic) bond motifs is 9. The van der Waals surface area contributed by atoms with E-state index in [9.17, 15) is 0 Å². The zero-order valence-corrected chi connectivity index (χ0v) is 27.9. The van der Waals surface area contributed by atoms with Crippen LogP contribution in [0, 0.1) is 0 Å². The van der Waals surface area contributed by atoms with E-state index in [4.69, 9.17) is 18.8 Å². The highest BCUT2D eigenvalue weighted by atomic mass is 16.3. The molecule has 2 aromatic heterocycles. The number of amidine groups is 2. The summed E-state index contributed by atoms with van der Waals surface area (Å²) in [5.74, 6) is 1.56. The number of hydrogen-bond acceptors (Lipinski definition) is 5. The van der Waals surface area contributed by atoms with Crippen molar-refractivity contribution in [1.29, 1.82) is 0 Å². The van der Waals surface area contributed by atoms with Crippen molar-refractivity contribution >= 4 is 77.1 Å². The van der Waals surface area contributed by atoms with Gasteiger partial charge in [0.25, 0.3) is 0 Å². The lowest BCUT2D eigenvalue weighted by Gasteiger charge is -2.23. The highest BCUT2D eigenvalue weighted by Crippen LogP contribution is 2.45. The van der Waals surface area contributed by atoms with Crippen LogP contribution in [0.5, 0.6) is 0 Å². The van der Waals surface area contributed by atoms with E-state index in [1.54, 1.807) is 0 Å². The quantitative estimate of drug-likeness (QED) is 0.203. The van der Waals surface area contributed by atoms with Gasteiger partial charge in [-0.05, 0) is 51.4 Å². The largest absolute Gasteiger partial charge is 0.456 e. The summed E-state index contributed by atoms with van der Waals surface area (Å²) < 4.78 is 13.3. The number of rotatable bonds is 4. The highest BCUT2D eigenvalue weighted by molar-refractivity contribution is 6.24. The molecule has 0 aliphatic carbocycles. The second kappa shape index (κ2) is 11.3. The third-order valence-corrected chi connectivity index (χ3v) is 10.3. The molecule has 1 N–H and O–H groups in total. The number of hydrogen-bond donors (Lipinski definition) is 1. The fourth-order valence-electron chi connectivity index (χ4n) is 7.93. The number of para-hydroxylation sites is 2. The van der Waals surface area contributed by atoms with E-state index in [-0.39, 0.29) is 0 Å². The van der Waals surface area contributed by atoms with Gasteiger partial charge in [0.1, 0.15) is 34.0 Å². The van der Waals surface area contributed by atoms with Crippen LogP contribution in [0.25, 0.3) is 76.5 Å². The van der Waals surface area contributed by atoms with E-state index in [1.807, 2.05) is 42.5 Å². The van der Waals surface area contributed by atoms with Gasteiger partial charge in [-0.1, -0.05) is 140 Å². The van der Waals surface area contributed by atoms with Gasteiger partial charge in [-0.2, -0.15) is 0 Å². The molecule has 11 rings (SSSR count). The van der Waals surface area contributed by atoms with E-state index >= 15 is 0 Å². The maximum absolute atomic E-state index is 6.82. The predicted molar refractivity (Wildman–Crippen MR) is 213 cm³/mol. The Bertz CT molecular complexity index is 3110. The van der Waals surface area contributed by atoms with Crippen LogP contribution in [0.15, 0.2) is 183 Å². The van der Waals surface area contributed by atoms with Gasteiger partial charge in [0, 0.05) is 43.8 Å². The van der Waals surface area contributed by atoms with Gasteiger partial charge in [0.15, 0.2) is 6.17 Å². The Kier molecular flexibility index (Phi) is 6.25. The van der Waals surface area contributed by atoms with Crippen molar-refractivity contribution in [3.63, 3.8) is 0 Å². The molecule has 52 heavy (non-hydrogen) atoms. The molecular formula is C47H29N3O2. The van der Waals surface area contributed by atoms with Crippen LogP contribution in [0.3, 0.4) is 0 Å². The Balaban J connectivity index is 1.13. The van der Waals surface area contributed by atoms with Gasteiger partial charge >= 0.3 is 0 Å². The van der Waals surface area contributed by atoms with E-state index in [0.717, 1.165) is 99.5 Å². The molecule has 1 atom stereocenters. The normalized spacial score (nSPS) is 14.7. The zero-order valence-electron chi connectivity index (χ0n) is 27.9. The molecule has 0 fully saturated rings. The lowest BCUT2D eigenvalue weighted by molar-refractivity contribution is 0.668. The first-order valence-electron chi connectivity index (χ1n) is 17.5. The number of benzene rings is 8. The molecule has 1 aliphatic heterocycles. The van der Waals surface area contributed by atoms with E-state index < -0.39 is 6.17 Å². The second-order valence-corrected chi connectivity index (χ2v) is 13.3. The minimum absolute atomic E-state index is 0.501. The molecule has 1 unspecified atom stereocenters. The summed E-state index contributed by atoms with van der Waals surface area (Å²) in [5, 5.41) is 12.5. The maximum atomic E-state index is 6.82. The Morgan fingerprint density at radius 3 is 2.00 bits per heavy atom. The van der Waals surface area contributed by atoms with Crippen molar-refractivity contribution in [3.05, 3.63) is 180 Å². The predicted octanol–water partition coefficient (Wildman–Crippen LogP) is 12.0. The van der Waals surface area contributed by atoms with Crippen molar-refractivity contribution < 1.29 is 8.83 Å². The minimum atomic E-state index is -0.501. The molecule has 3 heterocycles. The zero-order chi connectivity index (χ0) is 34.2. The monoisotopic (exact) mass is 667 g/mol. The molecule has 0 radical (unpaired) electrons. The first-order valence-corrected chi connectivity index (χ1v) is 17.5. The van der Waals surface area contributed by atoms with E-state index in [1.165, 1.54) is 5.39 Å². The van der Waals surface area contributed by atoms with Crippen molar-refractivity contribution in [2.45, 2.75) is 6.17 Å². The summed E-state index contributed by atoms with van der Waals surface area (Å²) in [5.41, 5.74) is 8.43. The topological polar surface area (TPSA) is 63.0 Å². The average molecular weight is 668 g/mol. The molecule has 8 aromatic carbocycles. The van der Waals surface area contributed by atoms with Gasteiger partial charge < -0.3 is 14.2 Å². The smallest absolute Gasteiger partial charge is 0.170 e. The molecule has 0 amide bonds. The third kappa shape index (κ3) is 4.42. The highest BCUT2D eigenvalue weighted by Gasteiger charge is 2.25. The Morgan fingerprint density at radius 2 is 1.12 bits per heavy atom. The molecule has 0 spiro atoms. The van der Waals surface area contributed by atoms with E-state index in [2.05, 4.69) is 127 Å². The molecule has 1 aliphatic rings. The van der Waals surface area contributed by atoms with Gasteiger partial charge in [-0.3, -0.25) is 0 Å². The molecule has 0 bridgehead atoms. The molecule has 244 valence electrons. The Morgan fingerprint density at radius 1 is 0.423 bits per heavy atom. The van der Waals surface area contributed by atoms with Crippen molar-refractivity contribution in [3.8, 4) is 11.1 Å². The summed E-state index contributed by atoms with van der Waals surface area (Å²) in [4.78, 5) is 10.5.